The molecule has 0 amide bonds. The van der Waals surface area contributed by atoms with Crippen molar-refractivity contribution in [3.63, 3.8) is 0 Å². The summed E-state index contributed by atoms with van der Waals surface area (Å²) in [6.07, 6.45) is -0.596. The smallest absolute Gasteiger partial charge is 0.353 e. The molecule has 0 aliphatic heterocycles. The first-order valence-electron chi connectivity index (χ1n) is 7.18. The van der Waals surface area contributed by atoms with Crippen molar-refractivity contribution in [3.05, 3.63) is 44.1 Å². The van der Waals surface area contributed by atoms with Gasteiger partial charge in [-0.3, -0.25) is 16.3 Å². The maximum Gasteiger partial charge on any atom is 0.353 e. The Balaban J connectivity index is 2.46. The lowest BCUT2D eigenvalue weighted by Gasteiger charge is -2.10. The van der Waals surface area contributed by atoms with Crippen LogP contribution < -0.4 is 17.2 Å². The van der Waals surface area contributed by atoms with Crippen LogP contribution in [0.5, 0.6) is 0 Å². The van der Waals surface area contributed by atoms with Gasteiger partial charge in [0.05, 0.1) is 10.7 Å². The van der Waals surface area contributed by atoms with E-state index in [0.717, 1.165) is 9.25 Å². The van der Waals surface area contributed by atoms with Crippen molar-refractivity contribution in [3.8, 4) is 5.69 Å². The molecule has 1 aromatic heterocycles. The van der Waals surface area contributed by atoms with E-state index in [9.17, 15) is 9.59 Å². The van der Waals surface area contributed by atoms with Crippen LogP contribution in [0, 0.1) is 6.92 Å². The summed E-state index contributed by atoms with van der Waals surface area (Å²) in [6.45, 7) is 1.58. The van der Waals surface area contributed by atoms with Gasteiger partial charge in [0.1, 0.15) is 17.5 Å². The molecule has 25 heavy (non-hydrogen) atoms. The van der Waals surface area contributed by atoms with Crippen molar-refractivity contribution in [1.29, 1.82) is 0 Å². The monoisotopic (exact) mass is 407 g/mol. The Morgan fingerprint density at radius 2 is 1.96 bits per heavy atom. The highest BCUT2D eigenvalue weighted by Crippen LogP contribution is 2.28. The second kappa shape index (κ2) is 7.76. The maximum atomic E-state index is 12.4. The Labute approximate surface area is 157 Å². The van der Waals surface area contributed by atoms with E-state index in [0.29, 0.717) is 16.4 Å². The molecule has 0 spiro atoms. The molecule has 5 N–H and O–H groups in total. The number of nitrogens with zero attached hydrogens (tertiary/aromatic N) is 3. The van der Waals surface area contributed by atoms with Gasteiger partial charge in [-0.1, -0.05) is 23.2 Å². The zero-order valence-corrected chi connectivity index (χ0v) is 15.4. The van der Waals surface area contributed by atoms with Gasteiger partial charge in [-0.05, 0) is 37.5 Å². The average molecular weight is 409 g/mol. The Bertz CT molecular complexity index is 862. The Kier molecular flexibility index (Phi) is 6.12. The molecule has 0 aliphatic carbocycles. The predicted octanol–water partition coefficient (Wildman–Crippen LogP) is 1.65. The van der Waals surface area contributed by atoms with E-state index in [4.69, 9.17) is 51.4 Å². The van der Waals surface area contributed by atoms with E-state index in [1.165, 1.54) is 6.07 Å². The zero-order valence-electron chi connectivity index (χ0n) is 13.1. The molecule has 0 radical (unpaired) electrons. The minimum Gasteiger partial charge on any atom is -0.480 e. The number of carboxylic acids is 1. The largest absolute Gasteiger partial charge is 0.480 e. The Morgan fingerprint density at radius 3 is 2.48 bits per heavy atom. The lowest BCUT2D eigenvalue weighted by atomic mass is 10.1. The molecule has 8 nitrogen and oxygen atoms in total. The normalized spacial score (nSPS) is 12.6. The molecule has 1 heterocycles. The van der Waals surface area contributed by atoms with E-state index in [1.807, 2.05) is 0 Å². The number of hydrogen-bond acceptors (Lipinski definition) is 5. The topological polar surface area (TPSA) is 129 Å². The van der Waals surface area contributed by atoms with E-state index >= 15 is 0 Å². The third-order valence-electron chi connectivity index (χ3n) is 3.56. The molecule has 0 fully saturated rings. The summed E-state index contributed by atoms with van der Waals surface area (Å²) in [4.78, 5) is 23.3. The lowest BCUT2D eigenvalue weighted by Crippen LogP contribution is -2.37. The summed E-state index contributed by atoms with van der Waals surface area (Å²) < 4.78 is 2.18. The van der Waals surface area contributed by atoms with E-state index in [2.05, 4.69) is 5.10 Å². The van der Waals surface area contributed by atoms with Gasteiger partial charge in [0.2, 0.25) is 0 Å². The first-order valence-corrected chi connectivity index (χ1v) is 8.37. The number of aromatic nitrogens is 3. The minimum atomic E-state index is -1.12. The molecule has 1 unspecified atom stereocenters. The number of halogens is 3. The number of benzene rings is 1. The first kappa shape index (κ1) is 19.7. The van der Waals surface area contributed by atoms with Gasteiger partial charge in [-0.25, -0.2) is 9.36 Å². The van der Waals surface area contributed by atoms with Crippen LogP contribution in [-0.4, -0.2) is 30.8 Å². The molecule has 0 aliphatic rings. The Hall–Kier alpha value is -1.58. The molecular formula is C14H16Cl3N5O3. The van der Waals surface area contributed by atoms with Crippen LogP contribution in [0.25, 0.3) is 5.69 Å². The first-order chi connectivity index (χ1) is 11.6. The highest BCUT2D eigenvalue weighted by atomic mass is 35.5. The third-order valence-corrected chi connectivity index (χ3v) is 4.62. The summed E-state index contributed by atoms with van der Waals surface area (Å²) in [7, 11) is 0. The van der Waals surface area contributed by atoms with E-state index < -0.39 is 23.3 Å². The quantitative estimate of drug-likeness (QED) is 0.492. The predicted molar refractivity (Wildman–Crippen MR) is 95.6 cm³/mol. The molecule has 0 bridgehead atoms. The fourth-order valence-electron chi connectivity index (χ4n) is 2.32. The molecule has 0 saturated heterocycles. The van der Waals surface area contributed by atoms with Gasteiger partial charge in [-0.2, -0.15) is 9.78 Å². The van der Waals surface area contributed by atoms with Gasteiger partial charge in [-0.15, -0.1) is 11.6 Å². The van der Waals surface area contributed by atoms with Gasteiger partial charge in [0, 0.05) is 5.02 Å². The molecule has 1 aromatic carbocycles. The van der Waals surface area contributed by atoms with Crippen molar-refractivity contribution in [1.82, 2.24) is 14.3 Å². The SMILES string of the molecule is Cc1nn(-c2cc(CCC(Cl)C(=O)O)c(Cl)cc2Cl)c(=O)n1C(N)N. The molecule has 136 valence electrons. The number of rotatable bonds is 6. The highest BCUT2D eigenvalue weighted by molar-refractivity contribution is 6.36. The number of hydrogen-bond donors (Lipinski definition) is 3. The Morgan fingerprint density at radius 1 is 1.32 bits per heavy atom. The van der Waals surface area contributed by atoms with Crippen molar-refractivity contribution < 1.29 is 9.90 Å². The summed E-state index contributed by atoms with van der Waals surface area (Å²) in [6, 6.07) is 3.03. The van der Waals surface area contributed by atoms with Crippen molar-refractivity contribution in [2.75, 3.05) is 0 Å². The standard InChI is InChI=1S/C14H16Cl3N5O3/c1-6-20-22(14(25)21(6)13(18)19)11-4-7(9(16)5-10(11)17)2-3-8(15)12(23)24/h4-5,8,13H,2-3,18-19H2,1H3,(H,23,24). The second-order valence-electron chi connectivity index (χ2n) is 5.34. The van der Waals surface area contributed by atoms with Crippen LogP contribution in [-0.2, 0) is 11.2 Å². The highest BCUT2D eigenvalue weighted by Gasteiger charge is 2.19. The molecule has 0 saturated carbocycles. The molecular weight excluding hydrogens is 393 g/mol. The van der Waals surface area contributed by atoms with Crippen LogP contribution in [0.1, 0.15) is 24.1 Å². The van der Waals surface area contributed by atoms with Crippen LogP contribution in [0.15, 0.2) is 16.9 Å². The van der Waals surface area contributed by atoms with Gasteiger partial charge in [0.25, 0.3) is 0 Å². The van der Waals surface area contributed by atoms with Crippen LogP contribution in [0.4, 0.5) is 0 Å². The number of aryl methyl sites for hydroxylation is 2. The maximum absolute atomic E-state index is 12.4. The van der Waals surface area contributed by atoms with Gasteiger partial charge < -0.3 is 5.11 Å². The average Bonchev–Trinajstić information content (AvgIpc) is 2.80. The van der Waals surface area contributed by atoms with Crippen LogP contribution in [0.2, 0.25) is 10.0 Å². The molecule has 11 heteroatoms. The van der Waals surface area contributed by atoms with Crippen LogP contribution >= 0.6 is 34.8 Å². The number of aliphatic carboxylic acids is 1. The van der Waals surface area contributed by atoms with Crippen molar-refractivity contribution >= 4 is 40.8 Å². The van der Waals surface area contributed by atoms with E-state index in [1.54, 1.807) is 13.0 Å². The fraction of sp³-hybridized carbons (Fsp3) is 0.357. The summed E-state index contributed by atoms with van der Waals surface area (Å²) in [5, 5.41) is 12.5. The lowest BCUT2D eigenvalue weighted by molar-refractivity contribution is -0.136. The molecule has 2 rings (SSSR count). The van der Waals surface area contributed by atoms with Gasteiger partial charge in [0.15, 0.2) is 0 Å². The number of carbonyl (C=O) groups is 1. The zero-order chi connectivity index (χ0) is 18.9. The second-order valence-corrected chi connectivity index (χ2v) is 6.68. The molecule has 2 aromatic rings. The number of nitrogens with two attached hydrogens (primary N) is 2. The van der Waals surface area contributed by atoms with Gasteiger partial charge >= 0.3 is 11.7 Å². The van der Waals surface area contributed by atoms with Crippen LogP contribution in [0.3, 0.4) is 0 Å². The number of alkyl halides is 1. The number of carboxylic acid groups (broad SMARTS) is 1. The molecule has 1 atom stereocenters. The third kappa shape index (κ3) is 4.16. The summed E-state index contributed by atoms with van der Waals surface area (Å²) in [5.41, 5.74) is 11.5. The van der Waals surface area contributed by atoms with Crippen molar-refractivity contribution in [2.45, 2.75) is 31.4 Å². The summed E-state index contributed by atoms with van der Waals surface area (Å²) >= 11 is 18.1. The fourth-order valence-corrected chi connectivity index (χ4v) is 2.98. The summed E-state index contributed by atoms with van der Waals surface area (Å²) in [5.74, 6) is -0.797. The minimum absolute atomic E-state index is 0.160. The van der Waals surface area contributed by atoms with E-state index in [-0.39, 0.29) is 23.6 Å². The van der Waals surface area contributed by atoms with Crippen molar-refractivity contribution in [2.24, 2.45) is 11.5 Å².